The Morgan fingerprint density at radius 1 is 1.25 bits per heavy atom. The second kappa shape index (κ2) is 5.99. The first kappa shape index (κ1) is 15.5. The largest absolute Gasteiger partial charge is 0.399 e. The van der Waals surface area contributed by atoms with E-state index < -0.39 is 0 Å². The van der Waals surface area contributed by atoms with E-state index in [1.165, 1.54) is 20.6 Å². The minimum atomic E-state index is -0.330. The summed E-state index contributed by atoms with van der Waals surface area (Å²) in [5, 5.41) is 15.4. The van der Waals surface area contributed by atoms with E-state index in [1.54, 1.807) is 38.5 Å². The molecule has 0 bridgehead atoms. The Hall–Kier alpha value is -3.43. The normalized spacial score (nSPS) is 10.8. The summed E-state index contributed by atoms with van der Waals surface area (Å²) in [6, 6.07) is 4.85. The highest BCUT2D eigenvalue weighted by atomic mass is 16.2. The van der Waals surface area contributed by atoms with Crippen molar-refractivity contribution in [3.8, 4) is 0 Å². The van der Waals surface area contributed by atoms with Gasteiger partial charge in [0, 0.05) is 25.2 Å². The number of hydrogen-bond acceptors (Lipinski definition) is 6. The molecular formula is C14H16N8O2. The van der Waals surface area contributed by atoms with Crippen molar-refractivity contribution < 1.29 is 9.59 Å². The van der Waals surface area contributed by atoms with Gasteiger partial charge in [0.05, 0.1) is 17.9 Å². The van der Waals surface area contributed by atoms with E-state index in [2.05, 4.69) is 20.6 Å². The Kier molecular flexibility index (Phi) is 3.86. The van der Waals surface area contributed by atoms with E-state index in [-0.39, 0.29) is 24.3 Å². The van der Waals surface area contributed by atoms with Crippen LogP contribution in [0.4, 0.5) is 16.3 Å². The average Bonchev–Trinajstić information content (AvgIpc) is 3.13. The highest BCUT2D eigenvalue weighted by molar-refractivity contribution is 5.92. The Morgan fingerprint density at radius 3 is 2.79 bits per heavy atom. The number of carbonyl (C=O) groups excluding carboxylic acids is 2. The zero-order chi connectivity index (χ0) is 17.3. The topological polar surface area (TPSA) is 124 Å². The molecule has 0 saturated heterocycles. The van der Waals surface area contributed by atoms with Crippen LogP contribution in [-0.4, -0.2) is 55.7 Å². The number of anilines is 2. The van der Waals surface area contributed by atoms with Crippen LogP contribution in [-0.2, 0) is 6.54 Å². The van der Waals surface area contributed by atoms with E-state index in [0.717, 1.165) is 5.39 Å². The van der Waals surface area contributed by atoms with Crippen molar-refractivity contribution in [3.05, 3.63) is 30.6 Å². The van der Waals surface area contributed by atoms with Crippen LogP contribution in [0.2, 0.25) is 0 Å². The van der Waals surface area contributed by atoms with Crippen LogP contribution in [0.1, 0.15) is 4.79 Å². The average molecular weight is 328 g/mol. The lowest BCUT2D eigenvalue weighted by Crippen LogP contribution is -2.27. The minimum absolute atomic E-state index is 0.112. The van der Waals surface area contributed by atoms with Crippen LogP contribution in [0, 0.1) is 0 Å². The summed E-state index contributed by atoms with van der Waals surface area (Å²) in [7, 11) is 3.22. The molecule has 24 heavy (non-hydrogen) atoms. The molecule has 0 spiro atoms. The third kappa shape index (κ3) is 3.02. The summed E-state index contributed by atoms with van der Waals surface area (Å²) in [5.41, 5.74) is 6.97. The van der Waals surface area contributed by atoms with E-state index >= 15 is 0 Å². The zero-order valence-electron chi connectivity index (χ0n) is 13.2. The van der Waals surface area contributed by atoms with Gasteiger partial charge in [0.1, 0.15) is 6.54 Å². The Balaban J connectivity index is 1.75. The number of hydrogen-bond donors (Lipinski definition) is 2. The minimum Gasteiger partial charge on any atom is -0.399 e. The molecule has 0 aliphatic heterocycles. The molecule has 3 aromatic rings. The summed E-state index contributed by atoms with van der Waals surface area (Å²) < 4.78 is 1.27. The number of amides is 2. The number of fused-ring (bicyclic) bond motifs is 1. The van der Waals surface area contributed by atoms with Crippen molar-refractivity contribution in [1.29, 1.82) is 0 Å². The first-order valence-electron chi connectivity index (χ1n) is 7.09. The molecule has 0 aliphatic carbocycles. The van der Waals surface area contributed by atoms with Crippen molar-refractivity contribution in [3.63, 3.8) is 0 Å². The SMILES string of the molecule is CN(C)C(=O)Nc1cnn(CC(=O)n2ncc3cc(N)ccc32)n1. The van der Waals surface area contributed by atoms with Crippen LogP contribution in [0.15, 0.2) is 30.6 Å². The van der Waals surface area contributed by atoms with Crippen LogP contribution in [0.3, 0.4) is 0 Å². The van der Waals surface area contributed by atoms with E-state index in [4.69, 9.17) is 5.73 Å². The number of carbonyl (C=O) groups is 2. The smallest absolute Gasteiger partial charge is 0.322 e. The molecule has 3 N–H and O–H groups in total. The van der Waals surface area contributed by atoms with Gasteiger partial charge in [-0.15, -0.1) is 5.10 Å². The quantitative estimate of drug-likeness (QED) is 0.680. The monoisotopic (exact) mass is 328 g/mol. The van der Waals surface area contributed by atoms with Gasteiger partial charge in [0.25, 0.3) is 5.91 Å². The van der Waals surface area contributed by atoms with Gasteiger partial charge in [-0.3, -0.25) is 10.1 Å². The third-order valence-corrected chi connectivity index (χ3v) is 3.28. The molecule has 2 aromatic heterocycles. The number of nitrogens with zero attached hydrogens (tertiary/aromatic N) is 6. The fraction of sp³-hybridized carbons (Fsp3) is 0.214. The Bertz CT molecular complexity index is 911. The standard InChI is InChI=1S/C14H16N8O2/c1-20(2)14(24)18-12-7-16-21(19-12)8-13(23)22-11-4-3-10(15)5-9(11)6-17-22/h3-7H,8,15H2,1-2H3,(H,18,19,24). The van der Waals surface area contributed by atoms with Crippen LogP contribution < -0.4 is 11.1 Å². The maximum atomic E-state index is 12.4. The Labute approximate surface area is 136 Å². The molecule has 0 saturated carbocycles. The number of nitrogens with one attached hydrogen (secondary N) is 1. The van der Waals surface area contributed by atoms with Crippen LogP contribution in [0.5, 0.6) is 0 Å². The lowest BCUT2D eigenvalue weighted by atomic mass is 10.2. The lowest BCUT2D eigenvalue weighted by Gasteiger charge is -2.09. The predicted octanol–water partition coefficient (Wildman–Crippen LogP) is 0.644. The number of urea groups is 1. The molecule has 2 amide bonds. The van der Waals surface area contributed by atoms with Gasteiger partial charge in [0.2, 0.25) is 0 Å². The number of rotatable bonds is 3. The maximum Gasteiger partial charge on any atom is 0.322 e. The summed E-state index contributed by atoms with van der Waals surface area (Å²) in [6.07, 6.45) is 2.94. The first-order chi connectivity index (χ1) is 11.4. The van der Waals surface area contributed by atoms with Crippen LogP contribution >= 0.6 is 0 Å². The number of nitrogen functional groups attached to an aromatic ring is 1. The van der Waals surface area contributed by atoms with Crippen molar-refractivity contribution in [2.24, 2.45) is 0 Å². The molecule has 1 aromatic carbocycles. The molecule has 2 heterocycles. The van der Waals surface area contributed by atoms with Crippen molar-refractivity contribution in [2.45, 2.75) is 6.54 Å². The summed E-state index contributed by atoms with van der Waals surface area (Å²) in [4.78, 5) is 26.5. The maximum absolute atomic E-state index is 12.4. The van der Waals surface area contributed by atoms with Gasteiger partial charge in [0.15, 0.2) is 5.82 Å². The first-order valence-corrected chi connectivity index (χ1v) is 7.09. The fourth-order valence-corrected chi connectivity index (χ4v) is 2.09. The molecule has 124 valence electrons. The number of benzene rings is 1. The highest BCUT2D eigenvalue weighted by Crippen LogP contribution is 2.17. The third-order valence-electron chi connectivity index (χ3n) is 3.28. The van der Waals surface area contributed by atoms with E-state index in [9.17, 15) is 9.59 Å². The molecule has 0 unspecified atom stereocenters. The van der Waals surface area contributed by atoms with Crippen molar-refractivity contribution >= 4 is 34.3 Å². The number of aromatic nitrogens is 5. The van der Waals surface area contributed by atoms with Gasteiger partial charge < -0.3 is 10.6 Å². The van der Waals surface area contributed by atoms with Gasteiger partial charge in [-0.05, 0) is 18.2 Å². The number of nitrogens with two attached hydrogens (primary N) is 1. The second-order valence-electron chi connectivity index (χ2n) is 5.35. The van der Waals surface area contributed by atoms with Gasteiger partial charge >= 0.3 is 6.03 Å². The predicted molar refractivity (Wildman–Crippen MR) is 87.5 cm³/mol. The summed E-state index contributed by atoms with van der Waals surface area (Å²) >= 11 is 0. The van der Waals surface area contributed by atoms with Crippen molar-refractivity contribution in [1.82, 2.24) is 29.7 Å². The molecule has 10 heteroatoms. The molecule has 3 rings (SSSR count). The molecule has 0 radical (unpaired) electrons. The molecule has 0 fully saturated rings. The van der Waals surface area contributed by atoms with Gasteiger partial charge in [-0.1, -0.05) is 0 Å². The van der Waals surface area contributed by atoms with Crippen molar-refractivity contribution in [2.75, 3.05) is 25.1 Å². The Morgan fingerprint density at radius 2 is 2.04 bits per heavy atom. The van der Waals surface area contributed by atoms with Gasteiger partial charge in [-0.25, -0.2) is 4.79 Å². The molecule has 10 nitrogen and oxygen atoms in total. The molecule has 0 aliphatic rings. The van der Waals surface area contributed by atoms with E-state index in [0.29, 0.717) is 11.2 Å². The van der Waals surface area contributed by atoms with Gasteiger partial charge in [-0.2, -0.15) is 19.7 Å². The lowest BCUT2D eigenvalue weighted by molar-refractivity contribution is 0.0870. The van der Waals surface area contributed by atoms with E-state index in [1.807, 2.05) is 0 Å². The second-order valence-corrected chi connectivity index (χ2v) is 5.35. The fourth-order valence-electron chi connectivity index (χ4n) is 2.09. The molecule has 0 atom stereocenters. The summed E-state index contributed by atoms with van der Waals surface area (Å²) in [6.45, 7) is -0.112. The highest BCUT2D eigenvalue weighted by Gasteiger charge is 2.14. The zero-order valence-corrected chi connectivity index (χ0v) is 13.2. The summed E-state index contributed by atoms with van der Waals surface area (Å²) in [5.74, 6) is -0.0459. The van der Waals surface area contributed by atoms with Crippen LogP contribution in [0.25, 0.3) is 10.9 Å². The molecular weight excluding hydrogens is 312 g/mol.